The number of ether oxygens (including phenoxy) is 1. The average molecular weight is 401 g/mol. The van der Waals surface area contributed by atoms with Gasteiger partial charge in [0.25, 0.3) is 0 Å². The minimum atomic E-state index is -0.386. The highest BCUT2D eigenvalue weighted by Crippen LogP contribution is 2.33. The Morgan fingerprint density at radius 3 is 2.73 bits per heavy atom. The molecule has 2 aromatic heterocycles. The summed E-state index contributed by atoms with van der Waals surface area (Å²) in [6, 6.07) is 16.1. The van der Waals surface area contributed by atoms with Crippen LogP contribution in [0.2, 0.25) is 0 Å². The van der Waals surface area contributed by atoms with Crippen LogP contribution in [0.5, 0.6) is 0 Å². The van der Waals surface area contributed by atoms with Gasteiger partial charge in [0.2, 0.25) is 0 Å². The standard InChI is InChI=1S/C23H23N5O2/c1-3-30-22(29)20-17-10-9-15(12-18(17)28(2)19(20)13-27-23(24)25)16-8-4-6-14-7-5-11-26-21(14)16/h4-12H,3,13H2,1-2H3,(H4,24,25,27). The molecular formula is C23H23N5O2. The van der Waals surface area contributed by atoms with Crippen LogP contribution in [0.1, 0.15) is 23.0 Å². The highest BCUT2D eigenvalue weighted by atomic mass is 16.5. The molecule has 0 aliphatic heterocycles. The van der Waals surface area contributed by atoms with Crippen LogP contribution in [0.4, 0.5) is 0 Å². The SMILES string of the molecule is CCOC(=O)c1c(CN=C(N)N)n(C)c2cc(-c3cccc4cccnc34)ccc12. The Morgan fingerprint density at radius 1 is 1.17 bits per heavy atom. The molecule has 2 heterocycles. The number of aliphatic imine (C=N–C) groups is 1. The molecule has 2 aromatic carbocycles. The summed E-state index contributed by atoms with van der Waals surface area (Å²) in [5.74, 6) is -0.416. The Labute approximate surface area is 174 Å². The lowest BCUT2D eigenvalue weighted by molar-refractivity contribution is 0.0527. The lowest BCUT2D eigenvalue weighted by Gasteiger charge is -2.07. The molecule has 30 heavy (non-hydrogen) atoms. The van der Waals surface area contributed by atoms with Crippen LogP contribution < -0.4 is 11.5 Å². The minimum absolute atomic E-state index is 0.0300. The number of fused-ring (bicyclic) bond motifs is 2. The first-order chi connectivity index (χ1) is 14.5. The fourth-order valence-corrected chi connectivity index (χ4v) is 3.78. The maximum atomic E-state index is 12.7. The van der Waals surface area contributed by atoms with Gasteiger partial charge in [-0.3, -0.25) is 4.98 Å². The van der Waals surface area contributed by atoms with Gasteiger partial charge in [0.05, 0.1) is 29.9 Å². The molecule has 4 N–H and O–H groups in total. The molecule has 0 amide bonds. The van der Waals surface area contributed by atoms with Crippen LogP contribution in [0.15, 0.2) is 59.7 Å². The number of aryl methyl sites for hydroxylation is 1. The zero-order valence-electron chi connectivity index (χ0n) is 16.9. The van der Waals surface area contributed by atoms with Gasteiger partial charge >= 0.3 is 5.97 Å². The number of para-hydroxylation sites is 1. The second kappa shape index (κ2) is 7.87. The highest BCUT2D eigenvalue weighted by molar-refractivity contribution is 6.07. The molecule has 0 aliphatic carbocycles. The van der Waals surface area contributed by atoms with E-state index in [2.05, 4.69) is 16.0 Å². The van der Waals surface area contributed by atoms with Crippen molar-refractivity contribution in [2.45, 2.75) is 13.5 Å². The smallest absolute Gasteiger partial charge is 0.340 e. The van der Waals surface area contributed by atoms with E-state index < -0.39 is 0 Å². The lowest BCUT2D eigenvalue weighted by atomic mass is 10.00. The normalized spacial score (nSPS) is 11.0. The first-order valence-electron chi connectivity index (χ1n) is 9.69. The third kappa shape index (κ3) is 3.34. The van der Waals surface area contributed by atoms with Gasteiger partial charge in [0.1, 0.15) is 0 Å². The third-order valence-electron chi connectivity index (χ3n) is 5.16. The molecule has 0 bridgehead atoms. The number of carbonyl (C=O) groups is 1. The molecule has 0 unspecified atom stereocenters. The number of nitrogens with zero attached hydrogens (tertiary/aromatic N) is 3. The summed E-state index contributed by atoms with van der Waals surface area (Å²) < 4.78 is 7.24. The van der Waals surface area contributed by atoms with E-state index in [1.807, 2.05) is 54.1 Å². The fourth-order valence-electron chi connectivity index (χ4n) is 3.78. The number of pyridine rings is 1. The van der Waals surface area contributed by atoms with Crippen LogP contribution >= 0.6 is 0 Å². The van der Waals surface area contributed by atoms with Crippen molar-refractivity contribution in [3.63, 3.8) is 0 Å². The van der Waals surface area contributed by atoms with E-state index in [0.717, 1.165) is 32.9 Å². The minimum Gasteiger partial charge on any atom is -0.462 e. The maximum absolute atomic E-state index is 12.7. The van der Waals surface area contributed by atoms with Crippen molar-refractivity contribution in [2.24, 2.45) is 23.5 Å². The van der Waals surface area contributed by atoms with Crippen LogP contribution in [0.25, 0.3) is 32.9 Å². The van der Waals surface area contributed by atoms with E-state index >= 15 is 0 Å². The number of hydrogen-bond donors (Lipinski definition) is 2. The van der Waals surface area contributed by atoms with Crippen molar-refractivity contribution < 1.29 is 9.53 Å². The average Bonchev–Trinajstić information content (AvgIpc) is 3.03. The second-order valence-electron chi connectivity index (χ2n) is 6.95. The summed E-state index contributed by atoms with van der Waals surface area (Å²) in [6.07, 6.45) is 1.79. The lowest BCUT2D eigenvalue weighted by Crippen LogP contribution is -2.23. The zero-order chi connectivity index (χ0) is 21.3. The summed E-state index contributed by atoms with van der Waals surface area (Å²) in [6.45, 7) is 2.26. The number of hydrogen-bond acceptors (Lipinski definition) is 4. The van der Waals surface area contributed by atoms with Crippen molar-refractivity contribution in [3.8, 4) is 11.1 Å². The van der Waals surface area contributed by atoms with Crippen molar-refractivity contribution in [2.75, 3.05) is 6.61 Å². The van der Waals surface area contributed by atoms with Gasteiger partial charge in [-0.05, 0) is 24.6 Å². The molecule has 0 aliphatic rings. The number of esters is 1. The van der Waals surface area contributed by atoms with E-state index in [0.29, 0.717) is 11.3 Å². The zero-order valence-corrected chi connectivity index (χ0v) is 16.9. The topological polar surface area (TPSA) is 109 Å². The van der Waals surface area contributed by atoms with Crippen molar-refractivity contribution in [1.29, 1.82) is 0 Å². The molecular weight excluding hydrogens is 378 g/mol. The maximum Gasteiger partial charge on any atom is 0.340 e. The van der Waals surface area contributed by atoms with Gasteiger partial charge in [-0.15, -0.1) is 0 Å². The van der Waals surface area contributed by atoms with E-state index in [-0.39, 0.29) is 25.1 Å². The van der Waals surface area contributed by atoms with Crippen LogP contribution in [-0.4, -0.2) is 28.1 Å². The third-order valence-corrected chi connectivity index (χ3v) is 5.16. The van der Waals surface area contributed by atoms with Gasteiger partial charge in [-0.2, -0.15) is 0 Å². The first kappa shape index (κ1) is 19.4. The predicted molar refractivity (Wildman–Crippen MR) is 119 cm³/mol. The van der Waals surface area contributed by atoms with Gasteiger partial charge < -0.3 is 20.8 Å². The molecule has 0 saturated carbocycles. The van der Waals surface area contributed by atoms with Crippen molar-refractivity contribution >= 4 is 33.7 Å². The van der Waals surface area contributed by atoms with E-state index in [1.165, 1.54) is 0 Å². The van der Waals surface area contributed by atoms with Gasteiger partial charge in [-0.1, -0.05) is 36.4 Å². The Hall–Kier alpha value is -3.87. The molecule has 0 radical (unpaired) electrons. The summed E-state index contributed by atoms with van der Waals surface area (Å²) in [7, 11) is 1.90. The van der Waals surface area contributed by atoms with Crippen molar-refractivity contribution in [3.05, 3.63) is 66.0 Å². The first-order valence-corrected chi connectivity index (χ1v) is 9.69. The predicted octanol–water partition coefficient (Wildman–Crippen LogP) is 3.34. The quantitative estimate of drug-likeness (QED) is 0.303. The molecule has 152 valence electrons. The molecule has 4 rings (SSSR count). The highest BCUT2D eigenvalue weighted by Gasteiger charge is 2.22. The van der Waals surface area contributed by atoms with Crippen LogP contribution in [0, 0.1) is 0 Å². The number of benzene rings is 2. The number of aromatic nitrogens is 2. The van der Waals surface area contributed by atoms with Gasteiger partial charge in [0.15, 0.2) is 5.96 Å². The molecule has 0 fully saturated rings. The van der Waals surface area contributed by atoms with Crippen LogP contribution in [-0.2, 0) is 18.3 Å². The van der Waals surface area contributed by atoms with E-state index in [1.54, 1.807) is 13.1 Å². The molecule has 7 heteroatoms. The Morgan fingerprint density at radius 2 is 1.97 bits per heavy atom. The number of carbonyl (C=O) groups excluding carboxylic acids is 1. The number of nitrogens with two attached hydrogens (primary N) is 2. The van der Waals surface area contributed by atoms with Crippen LogP contribution in [0.3, 0.4) is 0 Å². The summed E-state index contributed by atoms with van der Waals surface area (Å²) in [5.41, 5.74) is 16.1. The van der Waals surface area contributed by atoms with E-state index in [9.17, 15) is 4.79 Å². The van der Waals surface area contributed by atoms with Gasteiger partial charge in [-0.25, -0.2) is 9.79 Å². The molecule has 4 aromatic rings. The Bertz CT molecular complexity index is 1280. The molecule has 0 saturated heterocycles. The summed E-state index contributed by atoms with van der Waals surface area (Å²) >= 11 is 0. The van der Waals surface area contributed by atoms with Gasteiger partial charge in [0, 0.05) is 35.1 Å². The summed E-state index contributed by atoms with van der Waals surface area (Å²) in [5, 5.41) is 1.87. The van der Waals surface area contributed by atoms with E-state index in [4.69, 9.17) is 16.2 Å². The molecule has 0 spiro atoms. The fraction of sp³-hybridized carbons (Fsp3) is 0.174. The van der Waals surface area contributed by atoms with Crippen molar-refractivity contribution in [1.82, 2.24) is 9.55 Å². The largest absolute Gasteiger partial charge is 0.462 e. The molecule has 7 nitrogen and oxygen atoms in total. The monoisotopic (exact) mass is 401 g/mol. The Balaban J connectivity index is 1.94. The Kier molecular flexibility index (Phi) is 5.10. The second-order valence-corrected chi connectivity index (χ2v) is 6.95. The number of guanidine groups is 1. The molecule has 0 atom stereocenters. The number of rotatable bonds is 5. The summed E-state index contributed by atoms with van der Waals surface area (Å²) in [4.78, 5) is 21.4.